The molecular weight excluding hydrogens is 236 g/mol. The fraction of sp³-hybridized carbons (Fsp3) is 0.800. The maximum atomic E-state index is 4.55. The highest BCUT2D eigenvalue weighted by atomic mass is 15.3. The van der Waals surface area contributed by atoms with Gasteiger partial charge in [-0.15, -0.1) is 0 Å². The third kappa shape index (κ3) is 3.57. The molecule has 1 unspecified atom stereocenters. The third-order valence-corrected chi connectivity index (χ3v) is 4.04. The first-order chi connectivity index (χ1) is 8.91. The van der Waals surface area contributed by atoms with E-state index in [9.17, 15) is 0 Å². The van der Waals surface area contributed by atoms with Crippen molar-refractivity contribution in [2.45, 2.75) is 65.7 Å². The first-order valence-electron chi connectivity index (χ1n) is 7.43. The van der Waals surface area contributed by atoms with Gasteiger partial charge in [-0.3, -0.25) is 9.58 Å². The predicted octanol–water partition coefficient (Wildman–Crippen LogP) is 2.17. The van der Waals surface area contributed by atoms with Crippen molar-refractivity contribution in [1.82, 2.24) is 20.0 Å². The highest BCUT2D eigenvalue weighted by molar-refractivity contribution is 5.09. The first kappa shape index (κ1) is 14.5. The average Bonchev–Trinajstić information content (AvgIpc) is 2.61. The summed E-state index contributed by atoms with van der Waals surface area (Å²) in [7, 11) is 0. The smallest absolute Gasteiger partial charge is 0.0597 e. The van der Waals surface area contributed by atoms with Crippen LogP contribution in [0.3, 0.4) is 0 Å². The molecule has 2 heterocycles. The molecule has 1 fully saturated rings. The zero-order chi connectivity index (χ0) is 14.0. The quantitative estimate of drug-likeness (QED) is 0.908. The lowest BCUT2D eigenvalue weighted by Crippen LogP contribution is -2.47. The van der Waals surface area contributed by atoms with E-state index in [1.54, 1.807) is 0 Å². The van der Waals surface area contributed by atoms with Gasteiger partial charge in [-0.25, -0.2) is 0 Å². The molecule has 1 saturated heterocycles. The molecule has 1 N–H and O–H groups in total. The summed E-state index contributed by atoms with van der Waals surface area (Å²) in [5, 5.41) is 8.19. The fourth-order valence-electron chi connectivity index (χ4n) is 2.94. The van der Waals surface area contributed by atoms with E-state index in [1.165, 1.54) is 12.1 Å². The highest BCUT2D eigenvalue weighted by Crippen LogP contribution is 2.19. The summed E-state index contributed by atoms with van der Waals surface area (Å²) in [5.74, 6) is 0. The van der Waals surface area contributed by atoms with Gasteiger partial charge in [0.05, 0.1) is 11.4 Å². The Morgan fingerprint density at radius 3 is 2.89 bits per heavy atom. The minimum absolute atomic E-state index is 0.191. The zero-order valence-corrected chi connectivity index (χ0v) is 13.0. The maximum absolute atomic E-state index is 4.55. The van der Waals surface area contributed by atoms with Crippen LogP contribution in [0.25, 0.3) is 0 Å². The van der Waals surface area contributed by atoms with Crippen molar-refractivity contribution in [2.24, 2.45) is 0 Å². The van der Waals surface area contributed by atoms with Gasteiger partial charge in [0.25, 0.3) is 0 Å². The minimum Gasteiger partial charge on any atom is -0.310 e. The van der Waals surface area contributed by atoms with Gasteiger partial charge in [0.2, 0.25) is 0 Å². The molecule has 19 heavy (non-hydrogen) atoms. The van der Waals surface area contributed by atoms with Crippen LogP contribution in [0.5, 0.6) is 0 Å². The van der Waals surface area contributed by atoms with Crippen molar-refractivity contribution >= 4 is 0 Å². The number of rotatable bonds is 3. The van der Waals surface area contributed by atoms with Crippen molar-refractivity contribution in [3.8, 4) is 0 Å². The van der Waals surface area contributed by atoms with Crippen LogP contribution in [0.15, 0.2) is 6.07 Å². The molecule has 0 aliphatic carbocycles. The van der Waals surface area contributed by atoms with Crippen LogP contribution < -0.4 is 5.32 Å². The Balaban J connectivity index is 2.15. The number of nitrogens with one attached hydrogen (secondary N) is 1. The molecule has 4 heteroatoms. The summed E-state index contributed by atoms with van der Waals surface area (Å²) in [6, 6.07) is 2.84. The molecular formula is C15H28N4. The molecule has 0 radical (unpaired) electrons. The minimum atomic E-state index is 0.191. The van der Waals surface area contributed by atoms with E-state index < -0.39 is 0 Å². The van der Waals surface area contributed by atoms with Gasteiger partial charge in [-0.1, -0.05) is 0 Å². The molecule has 1 aliphatic heterocycles. The van der Waals surface area contributed by atoms with Gasteiger partial charge in [0.15, 0.2) is 0 Å². The van der Waals surface area contributed by atoms with Crippen LogP contribution >= 0.6 is 0 Å². The Hall–Kier alpha value is -0.870. The highest BCUT2D eigenvalue weighted by Gasteiger charge is 2.28. The van der Waals surface area contributed by atoms with E-state index in [0.29, 0.717) is 6.04 Å². The molecule has 4 nitrogen and oxygen atoms in total. The normalized spacial score (nSPS) is 24.4. The van der Waals surface area contributed by atoms with Crippen LogP contribution in [0.1, 0.15) is 45.5 Å². The van der Waals surface area contributed by atoms with Crippen LogP contribution in [0.2, 0.25) is 0 Å². The Bertz CT molecular complexity index is 422. The molecule has 1 atom stereocenters. The average molecular weight is 264 g/mol. The molecule has 0 bridgehead atoms. The molecule has 0 spiro atoms. The maximum Gasteiger partial charge on any atom is 0.0597 e. The molecule has 1 aromatic rings. The zero-order valence-electron chi connectivity index (χ0n) is 13.0. The van der Waals surface area contributed by atoms with Crippen molar-refractivity contribution in [1.29, 1.82) is 0 Å². The second kappa shape index (κ2) is 5.63. The topological polar surface area (TPSA) is 33.1 Å². The summed E-state index contributed by atoms with van der Waals surface area (Å²) in [5.41, 5.74) is 2.65. The largest absolute Gasteiger partial charge is 0.310 e. The van der Waals surface area contributed by atoms with Crippen LogP contribution in [0.4, 0.5) is 0 Å². The molecule has 0 aromatic carbocycles. The first-order valence-corrected chi connectivity index (χ1v) is 7.43. The lowest BCUT2D eigenvalue weighted by atomic mass is 10.1. The SMILES string of the molecule is CCn1nc(C)cc1CN1CC(C)(C)NCCC1C. The number of aryl methyl sites for hydroxylation is 2. The second-order valence-electron chi connectivity index (χ2n) is 6.45. The number of hydrogen-bond donors (Lipinski definition) is 1. The van der Waals surface area contributed by atoms with Crippen molar-refractivity contribution in [3.05, 3.63) is 17.5 Å². The van der Waals surface area contributed by atoms with E-state index in [1.807, 2.05) is 0 Å². The Morgan fingerprint density at radius 1 is 1.47 bits per heavy atom. The lowest BCUT2D eigenvalue weighted by molar-refractivity contribution is 0.168. The molecule has 1 aliphatic rings. The van der Waals surface area contributed by atoms with E-state index in [0.717, 1.165) is 31.9 Å². The van der Waals surface area contributed by atoms with E-state index in [-0.39, 0.29) is 5.54 Å². The van der Waals surface area contributed by atoms with Gasteiger partial charge in [0, 0.05) is 31.2 Å². The standard InChI is InChI=1S/C15H28N4/c1-6-19-14(9-12(2)17-19)10-18-11-15(4,5)16-8-7-13(18)3/h9,13,16H,6-8,10-11H2,1-5H3. The van der Waals surface area contributed by atoms with E-state index in [2.05, 4.69) is 60.7 Å². The van der Waals surface area contributed by atoms with Crippen LogP contribution in [0, 0.1) is 6.92 Å². The summed E-state index contributed by atoms with van der Waals surface area (Å²) in [4.78, 5) is 2.59. The van der Waals surface area contributed by atoms with E-state index in [4.69, 9.17) is 0 Å². The summed E-state index contributed by atoms with van der Waals surface area (Å²) < 4.78 is 2.13. The Morgan fingerprint density at radius 2 is 2.21 bits per heavy atom. The number of hydrogen-bond acceptors (Lipinski definition) is 3. The van der Waals surface area contributed by atoms with Crippen molar-refractivity contribution in [2.75, 3.05) is 13.1 Å². The molecule has 108 valence electrons. The van der Waals surface area contributed by atoms with Gasteiger partial charge >= 0.3 is 0 Å². The number of aromatic nitrogens is 2. The molecule has 2 rings (SSSR count). The molecule has 0 amide bonds. The van der Waals surface area contributed by atoms with Crippen LogP contribution in [-0.2, 0) is 13.1 Å². The Labute approximate surface area is 117 Å². The molecule has 1 aromatic heterocycles. The molecule has 0 saturated carbocycles. The summed E-state index contributed by atoms with van der Waals surface area (Å²) in [6.07, 6.45) is 1.21. The van der Waals surface area contributed by atoms with Gasteiger partial charge in [-0.05, 0) is 53.7 Å². The lowest BCUT2D eigenvalue weighted by Gasteiger charge is -2.32. The predicted molar refractivity (Wildman–Crippen MR) is 79.2 cm³/mol. The van der Waals surface area contributed by atoms with Gasteiger partial charge < -0.3 is 5.32 Å². The number of nitrogens with zero attached hydrogens (tertiary/aromatic N) is 3. The monoisotopic (exact) mass is 264 g/mol. The third-order valence-electron chi connectivity index (χ3n) is 4.04. The second-order valence-corrected chi connectivity index (χ2v) is 6.45. The summed E-state index contributed by atoms with van der Waals surface area (Å²) in [6.45, 7) is 15.3. The van der Waals surface area contributed by atoms with Gasteiger partial charge in [0.1, 0.15) is 0 Å². The Kier molecular flexibility index (Phi) is 4.31. The van der Waals surface area contributed by atoms with Crippen molar-refractivity contribution in [3.63, 3.8) is 0 Å². The van der Waals surface area contributed by atoms with Crippen molar-refractivity contribution < 1.29 is 0 Å². The summed E-state index contributed by atoms with van der Waals surface area (Å²) >= 11 is 0. The van der Waals surface area contributed by atoms with E-state index >= 15 is 0 Å². The van der Waals surface area contributed by atoms with Gasteiger partial charge in [-0.2, -0.15) is 5.10 Å². The van der Waals surface area contributed by atoms with Crippen LogP contribution in [-0.4, -0.2) is 39.4 Å². The fourth-order valence-corrected chi connectivity index (χ4v) is 2.94.